The molecule has 0 aliphatic rings. The summed E-state index contributed by atoms with van der Waals surface area (Å²) >= 11 is 24.6. The van der Waals surface area contributed by atoms with Gasteiger partial charge >= 0.3 is 0 Å². The third-order valence-corrected chi connectivity index (χ3v) is 9.34. The van der Waals surface area contributed by atoms with Gasteiger partial charge in [-0.3, -0.25) is 13.9 Å². The molecule has 0 saturated carbocycles. The predicted octanol–water partition coefficient (Wildman–Crippen LogP) is 6.83. The predicted molar refractivity (Wildman–Crippen MR) is 162 cm³/mol. The van der Waals surface area contributed by atoms with Crippen molar-refractivity contribution in [1.29, 1.82) is 0 Å². The van der Waals surface area contributed by atoms with Crippen LogP contribution in [0.25, 0.3) is 0 Å². The number of nitrogens with zero attached hydrogens (tertiary/aromatic N) is 2. The molecule has 0 spiro atoms. The molecule has 0 bridgehead atoms. The van der Waals surface area contributed by atoms with Crippen molar-refractivity contribution in [3.63, 3.8) is 0 Å². The van der Waals surface area contributed by atoms with Crippen molar-refractivity contribution in [3.05, 3.63) is 92.4 Å². The van der Waals surface area contributed by atoms with Crippen LogP contribution in [0, 0.1) is 0 Å². The molecule has 40 heavy (non-hydrogen) atoms. The fourth-order valence-electron chi connectivity index (χ4n) is 4.01. The van der Waals surface area contributed by atoms with E-state index < -0.39 is 28.5 Å². The lowest BCUT2D eigenvalue weighted by Crippen LogP contribution is -2.52. The topological polar surface area (TPSA) is 86.8 Å². The molecular formula is C28H29Cl4N3O4S. The van der Waals surface area contributed by atoms with Crippen LogP contribution in [-0.4, -0.2) is 44.3 Å². The van der Waals surface area contributed by atoms with E-state index in [-0.39, 0.29) is 33.1 Å². The Morgan fingerprint density at radius 1 is 0.850 bits per heavy atom. The summed E-state index contributed by atoms with van der Waals surface area (Å²) in [4.78, 5) is 28.5. The summed E-state index contributed by atoms with van der Waals surface area (Å²) in [7, 11) is -4.22. The van der Waals surface area contributed by atoms with Crippen molar-refractivity contribution >= 4 is 73.9 Å². The highest BCUT2D eigenvalue weighted by Gasteiger charge is 2.33. The number of anilines is 1. The molecule has 1 unspecified atom stereocenters. The van der Waals surface area contributed by atoms with E-state index >= 15 is 0 Å². The summed E-state index contributed by atoms with van der Waals surface area (Å²) in [6, 6.07) is 16.1. The maximum absolute atomic E-state index is 14.0. The van der Waals surface area contributed by atoms with Gasteiger partial charge in [-0.15, -0.1) is 0 Å². The van der Waals surface area contributed by atoms with Gasteiger partial charge in [0.05, 0.1) is 30.7 Å². The molecule has 0 aliphatic heterocycles. The van der Waals surface area contributed by atoms with Gasteiger partial charge in [0, 0.05) is 13.1 Å². The molecule has 3 aromatic rings. The highest BCUT2D eigenvalue weighted by Crippen LogP contribution is 2.31. The zero-order chi connectivity index (χ0) is 29.4. The van der Waals surface area contributed by atoms with Crippen molar-refractivity contribution in [2.75, 3.05) is 17.4 Å². The Balaban J connectivity index is 2.08. The minimum atomic E-state index is -4.22. The number of rotatable bonds is 12. The highest BCUT2D eigenvalue weighted by atomic mass is 35.5. The van der Waals surface area contributed by atoms with Crippen LogP contribution in [0.1, 0.15) is 32.3 Å². The second kappa shape index (κ2) is 14.4. The van der Waals surface area contributed by atoms with Crippen molar-refractivity contribution in [2.24, 2.45) is 0 Å². The van der Waals surface area contributed by atoms with Crippen LogP contribution in [0.3, 0.4) is 0 Å². The minimum absolute atomic E-state index is 0.00558. The van der Waals surface area contributed by atoms with Crippen LogP contribution in [0.4, 0.5) is 5.69 Å². The SMILES string of the molecule is CCCNC(=O)C(CC)N(Cc1ccc(Cl)c(Cl)c1)C(=O)CN(c1ccc(Cl)c(Cl)c1)S(=O)(=O)c1ccccc1. The normalized spacial score (nSPS) is 12.1. The van der Waals surface area contributed by atoms with E-state index in [0.29, 0.717) is 35.0 Å². The summed E-state index contributed by atoms with van der Waals surface area (Å²) in [6.45, 7) is 3.52. The average molecular weight is 645 g/mol. The van der Waals surface area contributed by atoms with Crippen LogP contribution >= 0.6 is 46.4 Å². The summed E-state index contributed by atoms with van der Waals surface area (Å²) in [5.41, 5.74) is 0.765. The first-order valence-electron chi connectivity index (χ1n) is 12.5. The van der Waals surface area contributed by atoms with Crippen LogP contribution in [0.2, 0.25) is 20.1 Å². The number of nitrogens with one attached hydrogen (secondary N) is 1. The summed E-state index contributed by atoms with van der Waals surface area (Å²) in [6.07, 6.45) is 1.00. The second-order valence-electron chi connectivity index (χ2n) is 8.91. The lowest BCUT2D eigenvalue weighted by Gasteiger charge is -2.33. The lowest BCUT2D eigenvalue weighted by molar-refractivity contribution is -0.140. The number of carbonyl (C=O) groups is 2. The Morgan fingerprint density at radius 2 is 1.48 bits per heavy atom. The molecule has 0 fully saturated rings. The Kier molecular flexibility index (Phi) is 11.5. The molecule has 7 nitrogen and oxygen atoms in total. The zero-order valence-corrected chi connectivity index (χ0v) is 25.8. The molecule has 1 N–H and O–H groups in total. The molecule has 12 heteroatoms. The molecule has 214 valence electrons. The van der Waals surface area contributed by atoms with E-state index in [0.717, 1.165) is 4.31 Å². The number of sulfonamides is 1. The number of benzene rings is 3. The summed E-state index contributed by atoms with van der Waals surface area (Å²) in [5.74, 6) is -0.945. The highest BCUT2D eigenvalue weighted by molar-refractivity contribution is 7.92. The number of halogens is 4. The largest absolute Gasteiger partial charge is 0.354 e. The third-order valence-electron chi connectivity index (χ3n) is 6.07. The van der Waals surface area contributed by atoms with Gasteiger partial charge < -0.3 is 10.2 Å². The second-order valence-corrected chi connectivity index (χ2v) is 12.4. The third kappa shape index (κ3) is 7.83. The van der Waals surface area contributed by atoms with Gasteiger partial charge in [-0.05, 0) is 60.9 Å². The number of hydrogen-bond acceptors (Lipinski definition) is 4. The van der Waals surface area contributed by atoms with Crippen LogP contribution in [0.5, 0.6) is 0 Å². The fraction of sp³-hybridized carbons (Fsp3) is 0.286. The van der Waals surface area contributed by atoms with Crippen molar-refractivity contribution < 1.29 is 18.0 Å². The summed E-state index contributed by atoms with van der Waals surface area (Å²) < 4.78 is 28.6. The molecule has 3 rings (SSSR count). The molecule has 2 amide bonds. The number of amides is 2. The maximum Gasteiger partial charge on any atom is 0.264 e. The van der Waals surface area contributed by atoms with Gasteiger partial charge in [0.2, 0.25) is 11.8 Å². The molecule has 0 saturated heterocycles. The lowest BCUT2D eigenvalue weighted by atomic mass is 10.1. The Labute approximate surface area is 255 Å². The minimum Gasteiger partial charge on any atom is -0.354 e. The van der Waals surface area contributed by atoms with Crippen LogP contribution in [0.15, 0.2) is 71.6 Å². The standard InChI is InChI=1S/C28H29Cl4N3O4S/c1-3-14-33-28(37)26(4-2)34(17-19-10-12-22(29)24(31)15-19)27(36)18-35(20-11-13-23(30)25(32)16-20)40(38,39)21-8-6-5-7-9-21/h5-13,15-16,26H,3-4,14,17-18H2,1-2H3,(H,33,37). The van der Waals surface area contributed by atoms with Gasteiger partial charge in [0.25, 0.3) is 10.0 Å². The van der Waals surface area contributed by atoms with E-state index in [4.69, 9.17) is 46.4 Å². The Morgan fingerprint density at radius 3 is 2.05 bits per heavy atom. The first-order chi connectivity index (χ1) is 19.0. The van der Waals surface area contributed by atoms with E-state index in [1.165, 1.54) is 35.2 Å². The van der Waals surface area contributed by atoms with E-state index in [1.807, 2.05) is 6.92 Å². The summed E-state index contributed by atoms with van der Waals surface area (Å²) in [5, 5.41) is 3.82. The van der Waals surface area contributed by atoms with Gasteiger partial charge in [0.15, 0.2) is 0 Å². The van der Waals surface area contributed by atoms with Crippen molar-refractivity contribution in [3.8, 4) is 0 Å². The van der Waals surface area contributed by atoms with Gasteiger partial charge in [-0.2, -0.15) is 0 Å². The Hall–Kier alpha value is -2.49. The van der Waals surface area contributed by atoms with Gasteiger partial charge in [-0.25, -0.2) is 8.42 Å². The average Bonchev–Trinajstić information content (AvgIpc) is 2.94. The van der Waals surface area contributed by atoms with Gasteiger partial charge in [0.1, 0.15) is 12.6 Å². The molecular weight excluding hydrogens is 616 g/mol. The molecule has 0 heterocycles. The fourth-order valence-corrected chi connectivity index (χ4v) is 6.05. The van der Waals surface area contributed by atoms with E-state index in [2.05, 4.69) is 5.32 Å². The van der Waals surface area contributed by atoms with Crippen LogP contribution in [-0.2, 0) is 26.2 Å². The van der Waals surface area contributed by atoms with Gasteiger partial charge in [-0.1, -0.05) is 84.5 Å². The van der Waals surface area contributed by atoms with Crippen molar-refractivity contribution in [1.82, 2.24) is 10.2 Å². The quantitative estimate of drug-likeness (QED) is 0.234. The number of hydrogen-bond donors (Lipinski definition) is 1. The molecule has 1 atom stereocenters. The van der Waals surface area contributed by atoms with Crippen molar-refractivity contribution in [2.45, 2.75) is 44.2 Å². The molecule has 0 aliphatic carbocycles. The van der Waals surface area contributed by atoms with E-state index in [9.17, 15) is 18.0 Å². The maximum atomic E-state index is 14.0. The smallest absolute Gasteiger partial charge is 0.264 e. The first kappa shape index (κ1) is 32.0. The molecule has 3 aromatic carbocycles. The van der Waals surface area contributed by atoms with E-state index in [1.54, 1.807) is 43.3 Å². The monoisotopic (exact) mass is 643 g/mol. The zero-order valence-electron chi connectivity index (χ0n) is 21.9. The molecule has 0 radical (unpaired) electrons. The number of carbonyl (C=O) groups excluding carboxylic acids is 2. The Bertz CT molecular complexity index is 1460. The molecule has 0 aromatic heterocycles. The van der Waals surface area contributed by atoms with Crippen LogP contribution < -0.4 is 9.62 Å². The first-order valence-corrected chi connectivity index (χ1v) is 15.5.